The summed E-state index contributed by atoms with van der Waals surface area (Å²) in [6.07, 6.45) is 5.96. The van der Waals surface area contributed by atoms with Gasteiger partial charge in [-0.15, -0.1) is 0 Å². The summed E-state index contributed by atoms with van der Waals surface area (Å²) in [5.74, 6) is -0.874. The van der Waals surface area contributed by atoms with E-state index in [4.69, 9.17) is 0 Å². The number of halogens is 1. The minimum Gasteiger partial charge on any atom is -0.317 e. The van der Waals surface area contributed by atoms with Crippen LogP contribution >= 0.6 is 0 Å². The van der Waals surface area contributed by atoms with Crippen LogP contribution in [-0.4, -0.2) is 30.6 Å². The SMILES string of the molecule is Cn1cc(NC(=O)c2cccc(-c3cncc(F)c3)n2)c(-c2ccccn2)n1. The quantitative estimate of drug-likeness (QED) is 0.592. The van der Waals surface area contributed by atoms with Crippen LogP contribution in [0.25, 0.3) is 22.6 Å². The van der Waals surface area contributed by atoms with Gasteiger partial charge < -0.3 is 5.32 Å². The standard InChI is InChI=1S/C20H15FN6O/c1-27-12-18(19(26-27)16-5-2-3-8-23-16)25-20(28)17-7-4-6-15(24-17)13-9-14(21)11-22-10-13/h2-12H,1H3,(H,25,28). The summed E-state index contributed by atoms with van der Waals surface area (Å²) in [6, 6.07) is 11.7. The summed E-state index contributed by atoms with van der Waals surface area (Å²) < 4.78 is 15.0. The molecule has 0 saturated heterocycles. The smallest absolute Gasteiger partial charge is 0.274 e. The van der Waals surface area contributed by atoms with Gasteiger partial charge in [0.25, 0.3) is 5.91 Å². The summed E-state index contributed by atoms with van der Waals surface area (Å²) in [7, 11) is 1.76. The first kappa shape index (κ1) is 17.5. The van der Waals surface area contributed by atoms with Crippen molar-refractivity contribution in [1.82, 2.24) is 24.7 Å². The van der Waals surface area contributed by atoms with Gasteiger partial charge in [0.15, 0.2) is 0 Å². The van der Waals surface area contributed by atoms with E-state index in [0.29, 0.717) is 28.3 Å². The fourth-order valence-corrected chi connectivity index (χ4v) is 2.73. The van der Waals surface area contributed by atoms with E-state index in [0.717, 1.165) is 6.20 Å². The molecule has 8 heteroatoms. The molecule has 4 aromatic rings. The molecule has 4 rings (SSSR count). The third kappa shape index (κ3) is 3.61. The minimum atomic E-state index is -0.468. The number of anilines is 1. The number of carbonyl (C=O) groups is 1. The second kappa shape index (κ2) is 7.36. The van der Waals surface area contributed by atoms with Crippen LogP contribution in [0.5, 0.6) is 0 Å². The molecule has 7 nitrogen and oxygen atoms in total. The third-order valence-corrected chi connectivity index (χ3v) is 3.97. The van der Waals surface area contributed by atoms with E-state index in [1.54, 1.807) is 48.4 Å². The number of nitrogens with zero attached hydrogens (tertiary/aromatic N) is 5. The van der Waals surface area contributed by atoms with Crippen LogP contribution < -0.4 is 5.32 Å². The maximum Gasteiger partial charge on any atom is 0.274 e. The summed E-state index contributed by atoms with van der Waals surface area (Å²) in [5, 5.41) is 7.19. The fraction of sp³-hybridized carbons (Fsp3) is 0.0500. The Morgan fingerprint density at radius 3 is 2.75 bits per heavy atom. The zero-order valence-corrected chi connectivity index (χ0v) is 14.9. The molecular formula is C20H15FN6O. The fourth-order valence-electron chi connectivity index (χ4n) is 2.73. The lowest BCUT2D eigenvalue weighted by Gasteiger charge is -2.06. The number of rotatable bonds is 4. The van der Waals surface area contributed by atoms with Gasteiger partial charge in [-0.05, 0) is 30.3 Å². The highest BCUT2D eigenvalue weighted by atomic mass is 19.1. The molecule has 0 saturated carbocycles. The van der Waals surface area contributed by atoms with Gasteiger partial charge in [-0.1, -0.05) is 12.1 Å². The van der Waals surface area contributed by atoms with Crippen molar-refractivity contribution < 1.29 is 9.18 Å². The zero-order chi connectivity index (χ0) is 19.5. The van der Waals surface area contributed by atoms with E-state index in [1.807, 2.05) is 12.1 Å². The molecule has 0 aliphatic heterocycles. The molecule has 0 radical (unpaired) electrons. The number of hydrogen-bond donors (Lipinski definition) is 1. The first-order valence-electron chi connectivity index (χ1n) is 8.44. The van der Waals surface area contributed by atoms with E-state index in [-0.39, 0.29) is 5.69 Å². The van der Waals surface area contributed by atoms with Gasteiger partial charge in [0.05, 0.1) is 23.3 Å². The molecule has 0 fully saturated rings. The first-order valence-corrected chi connectivity index (χ1v) is 8.44. The van der Waals surface area contributed by atoms with Gasteiger partial charge in [-0.25, -0.2) is 9.37 Å². The highest BCUT2D eigenvalue weighted by Gasteiger charge is 2.16. The van der Waals surface area contributed by atoms with Crippen LogP contribution in [-0.2, 0) is 7.05 Å². The molecule has 28 heavy (non-hydrogen) atoms. The third-order valence-electron chi connectivity index (χ3n) is 3.97. The average Bonchev–Trinajstić information content (AvgIpc) is 3.09. The second-order valence-electron chi connectivity index (χ2n) is 6.03. The Balaban J connectivity index is 1.63. The van der Waals surface area contributed by atoms with Gasteiger partial charge in [0, 0.05) is 31.2 Å². The average molecular weight is 374 g/mol. The lowest BCUT2D eigenvalue weighted by atomic mass is 10.1. The monoisotopic (exact) mass is 374 g/mol. The van der Waals surface area contributed by atoms with Crippen molar-refractivity contribution in [3.63, 3.8) is 0 Å². The second-order valence-corrected chi connectivity index (χ2v) is 6.03. The van der Waals surface area contributed by atoms with Crippen molar-refractivity contribution in [3.8, 4) is 22.6 Å². The molecule has 0 atom stereocenters. The van der Waals surface area contributed by atoms with Crippen LogP contribution in [0.1, 0.15) is 10.5 Å². The lowest BCUT2D eigenvalue weighted by molar-refractivity contribution is 0.102. The van der Waals surface area contributed by atoms with Gasteiger partial charge in [-0.3, -0.25) is 19.4 Å². The van der Waals surface area contributed by atoms with Crippen molar-refractivity contribution in [2.45, 2.75) is 0 Å². The summed E-state index contributed by atoms with van der Waals surface area (Å²) in [6.45, 7) is 0. The van der Waals surface area contributed by atoms with E-state index in [2.05, 4.69) is 25.4 Å². The lowest BCUT2D eigenvalue weighted by Crippen LogP contribution is -2.14. The number of carbonyl (C=O) groups excluding carboxylic acids is 1. The van der Waals surface area contributed by atoms with E-state index in [9.17, 15) is 9.18 Å². The molecular weight excluding hydrogens is 359 g/mol. The molecule has 0 bridgehead atoms. The Bertz CT molecular complexity index is 1140. The van der Waals surface area contributed by atoms with Crippen LogP contribution in [0, 0.1) is 5.82 Å². The summed E-state index contributed by atoms with van der Waals surface area (Å²) in [4.78, 5) is 25.2. The molecule has 4 heterocycles. The number of pyridine rings is 3. The molecule has 1 N–H and O–H groups in total. The molecule has 0 aromatic carbocycles. The highest BCUT2D eigenvalue weighted by molar-refractivity contribution is 6.04. The Kier molecular flexibility index (Phi) is 4.59. The highest BCUT2D eigenvalue weighted by Crippen LogP contribution is 2.25. The number of hydrogen-bond acceptors (Lipinski definition) is 5. The maximum absolute atomic E-state index is 13.4. The van der Waals surface area contributed by atoms with Gasteiger partial charge in [-0.2, -0.15) is 5.10 Å². The van der Waals surface area contributed by atoms with Crippen LogP contribution in [0.4, 0.5) is 10.1 Å². The Labute approximate surface area is 159 Å². The number of aryl methyl sites for hydroxylation is 1. The van der Waals surface area contributed by atoms with E-state index < -0.39 is 11.7 Å². The van der Waals surface area contributed by atoms with Gasteiger partial charge in [0.2, 0.25) is 0 Å². The Morgan fingerprint density at radius 1 is 1.11 bits per heavy atom. The maximum atomic E-state index is 13.4. The van der Waals surface area contributed by atoms with Crippen molar-refractivity contribution >= 4 is 11.6 Å². The topological polar surface area (TPSA) is 85.6 Å². The van der Waals surface area contributed by atoms with Crippen LogP contribution in [0.3, 0.4) is 0 Å². The molecule has 0 aliphatic rings. The summed E-state index contributed by atoms with van der Waals surface area (Å²) >= 11 is 0. The number of amides is 1. The van der Waals surface area contributed by atoms with Crippen LogP contribution in [0.15, 0.2) is 67.3 Å². The minimum absolute atomic E-state index is 0.192. The molecule has 0 unspecified atom stereocenters. The Hall–Kier alpha value is -3.94. The van der Waals surface area contributed by atoms with Gasteiger partial charge >= 0.3 is 0 Å². The van der Waals surface area contributed by atoms with Crippen LogP contribution in [0.2, 0.25) is 0 Å². The largest absolute Gasteiger partial charge is 0.317 e. The van der Waals surface area contributed by atoms with Crippen molar-refractivity contribution in [1.29, 1.82) is 0 Å². The molecule has 1 amide bonds. The predicted octanol–water partition coefficient (Wildman–Crippen LogP) is 3.33. The molecule has 4 aromatic heterocycles. The molecule has 0 aliphatic carbocycles. The van der Waals surface area contributed by atoms with Crippen molar-refractivity contribution in [2.24, 2.45) is 7.05 Å². The predicted molar refractivity (Wildman–Crippen MR) is 102 cm³/mol. The first-order chi connectivity index (χ1) is 13.6. The zero-order valence-electron chi connectivity index (χ0n) is 14.9. The van der Waals surface area contributed by atoms with E-state index in [1.165, 1.54) is 12.3 Å². The number of aromatic nitrogens is 5. The summed E-state index contributed by atoms with van der Waals surface area (Å²) in [5.41, 5.74) is 2.86. The molecule has 138 valence electrons. The van der Waals surface area contributed by atoms with Crippen molar-refractivity contribution in [2.75, 3.05) is 5.32 Å². The number of nitrogens with one attached hydrogen (secondary N) is 1. The van der Waals surface area contributed by atoms with E-state index >= 15 is 0 Å². The molecule has 0 spiro atoms. The Morgan fingerprint density at radius 2 is 1.96 bits per heavy atom. The normalized spacial score (nSPS) is 10.6. The van der Waals surface area contributed by atoms with Gasteiger partial charge in [0.1, 0.15) is 17.2 Å². The van der Waals surface area contributed by atoms with Crippen molar-refractivity contribution in [3.05, 3.63) is 78.8 Å².